The van der Waals surface area contributed by atoms with Gasteiger partial charge in [0.25, 0.3) is 0 Å². The van der Waals surface area contributed by atoms with Gasteiger partial charge in [0.2, 0.25) is 0 Å². The van der Waals surface area contributed by atoms with Crippen molar-refractivity contribution in [3.8, 4) is 17.6 Å². The number of nitriles is 1. The smallest absolute Gasteiger partial charge is 0.126 e. The van der Waals surface area contributed by atoms with E-state index in [0.717, 1.165) is 42.3 Å². The molecular formula is C22H26N2O2. The predicted octanol–water partition coefficient (Wildman–Crippen LogP) is 4.48. The molecule has 0 saturated carbocycles. The van der Waals surface area contributed by atoms with Crippen LogP contribution >= 0.6 is 0 Å². The van der Waals surface area contributed by atoms with Crippen molar-refractivity contribution in [1.82, 2.24) is 4.90 Å². The number of allylic oxidation sites excluding steroid dienone is 1. The van der Waals surface area contributed by atoms with Crippen LogP contribution in [0.5, 0.6) is 11.5 Å². The molecule has 4 heteroatoms. The first-order chi connectivity index (χ1) is 12.7. The van der Waals surface area contributed by atoms with E-state index in [1.54, 1.807) is 7.11 Å². The van der Waals surface area contributed by atoms with Crippen molar-refractivity contribution in [1.29, 1.82) is 5.26 Å². The van der Waals surface area contributed by atoms with Gasteiger partial charge in [-0.05, 0) is 55.1 Å². The van der Waals surface area contributed by atoms with E-state index in [1.165, 1.54) is 0 Å². The van der Waals surface area contributed by atoms with Crippen LogP contribution in [0, 0.1) is 11.3 Å². The van der Waals surface area contributed by atoms with E-state index in [0.29, 0.717) is 12.2 Å². The van der Waals surface area contributed by atoms with Gasteiger partial charge in [-0.1, -0.05) is 32.0 Å². The highest BCUT2D eigenvalue weighted by atomic mass is 16.5. The van der Waals surface area contributed by atoms with Crippen LogP contribution in [0.4, 0.5) is 0 Å². The number of nitrogens with zero attached hydrogens (tertiary/aromatic N) is 2. The molecule has 0 fully saturated rings. The van der Waals surface area contributed by atoms with Gasteiger partial charge >= 0.3 is 0 Å². The van der Waals surface area contributed by atoms with Crippen molar-refractivity contribution in [2.75, 3.05) is 33.4 Å². The molecule has 0 radical (unpaired) electrons. The van der Waals surface area contributed by atoms with Crippen LogP contribution in [0.15, 0.2) is 48.5 Å². The molecule has 0 amide bonds. The van der Waals surface area contributed by atoms with E-state index in [1.807, 2.05) is 54.6 Å². The quantitative estimate of drug-likeness (QED) is 0.494. The van der Waals surface area contributed by atoms with Gasteiger partial charge in [-0.25, -0.2) is 0 Å². The molecule has 0 aromatic heterocycles. The maximum atomic E-state index is 9.53. The molecule has 0 N–H and O–H groups in total. The zero-order chi connectivity index (χ0) is 18.8. The normalized spacial score (nSPS) is 11.3. The van der Waals surface area contributed by atoms with Crippen molar-refractivity contribution in [3.63, 3.8) is 0 Å². The first kappa shape index (κ1) is 19.6. The number of para-hydroxylation sites is 1. The van der Waals surface area contributed by atoms with Gasteiger partial charge in [-0.15, -0.1) is 0 Å². The Bertz CT molecular complexity index is 756. The first-order valence-electron chi connectivity index (χ1n) is 8.92. The number of hydrogen-bond donors (Lipinski definition) is 0. The molecule has 0 unspecified atom stereocenters. The van der Waals surface area contributed by atoms with Crippen LogP contribution in [-0.2, 0) is 0 Å². The first-order valence-corrected chi connectivity index (χ1v) is 8.92. The van der Waals surface area contributed by atoms with Crippen molar-refractivity contribution in [2.45, 2.75) is 13.8 Å². The molecule has 0 bridgehead atoms. The van der Waals surface area contributed by atoms with E-state index in [2.05, 4.69) is 24.8 Å². The fraction of sp³-hybridized carbons (Fsp3) is 0.318. The van der Waals surface area contributed by atoms with E-state index in [-0.39, 0.29) is 0 Å². The standard InChI is InChI=1S/C22H26N2O2/c1-4-24(5-2)14-15-26-21-12-10-18(11-13-21)20(17-23)16-19-8-6-7-9-22(19)25-3/h6-13,16H,4-5,14-15H2,1-3H3/b20-16+. The van der Waals surface area contributed by atoms with Crippen LogP contribution in [0.2, 0.25) is 0 Å². The van der Waals surface area contributed by atoms with Crippen molar-refractivity contribution in [2.24, 2.45) is 0 Å². The molecule has 0 heterocycles. The summed E-state index contributed by atoms with van der Waals surface area (Å²) in [5.41, 5.74) is 2.32. The largest absolute Gasteiger partial charge is 0.496 e. The van der Waals surface area contributed by atoms with Crippen LogP contribution in [0.25, 0.3) is 11.6 Å². The second kappa shape index (κ2) is 10.3. The number of benzene rings is 2. The Kier molecular flexibility index (Phi) is 7.73. The maximum absolute atomic E-state index is 9.53. The zero-order valence-corrected chi connectivity index (χ0v) is 15.7. The minimum absolute atomic E-state index is 0.587. The predicted molar refractivity (Wildman–Crippen MR) is 106 cm³/mol. The van der Waals surface area contributed by atoms with Gasteiger partial charge in [-0.3, -0.25) is 0 Å². The Morgan fingerprint density at radius 1 is 1.08 bits per heavy atom. The van der Waals surface area contributed by atoms with Crippen molar-refractivity contribution in [3.05, 3.63) is 59.7 Å². The highest BCUT2D eigenvalue weighted by Crippen LogP contribution is 2.25. The molecule has 0 spiro atoms. The topological polar surface area (TPSA) is 45.5 Å². The zero-order valence-electron chi connectivity index (χ0n) is 15.7. The van der Waals surface area contributed by atoms with Crippen LogP contribution < -0.4 is 9.47 Å². The lowest BCUT2D eigenvalue weighted by Gasteiger charge is -2.18. The molecule has 0 aliphatic rings. The lowest BCUT2D eigenvalue weighted by molar-refractivity contribution is 0.223. The lowest BCUT2D eigenvalue weighted by atomic mass is 10.0. The van der Waals surface area contributed by atoms with Gasteiger partial charge in [-0.2, -0.15) is 5.26 Å². The van der Waals surface area contributed by atoms with Crippen LogP contribution in [-0.4, -0.2) is 38.3 Å². The Morgan fingerprint density at radius 2 is 1.77 bits per heavy atom. The summed E-state index contributed by atoms with van der Waals surface area (Å²) in [4.78, 5) is 2.32. The molecule has 2 aromatic carbocycles. The highest BCUT2D eigenvalue weighted by molar-refractivity contribution is 5.90. The fourth-order valence-corrected chi connectivity index (χ4v) is 2.68. The molecule has 2 aromatic rings. The van der Waals surface area contributed by atoms with Gasteiger partial charge in [0.1, 0.15) is 18.1 Å². The van der Waals surface area contributed by atoms with Crippen molar-refractivity contribution < 1.29 is 9.47 Å². The second-order valence-corrected chi connectivity index (χ2v) is 5.81. The molecule has 0 saturated heterocycles. The molecule has 26 heavy (non-hydrogen) atoms. The molecular weight excluding hydrogens is 324 g/mol. The van der Waals surface area contributed by atoms with E-state index in [9.17, 15) is 5.26 Å². The van der Waals surface area contributed by atoms with E-state index < -0.39 is 0 Å². The number of methoxy groups -OCH3 is 1. The highest BCUT2D eigenvalue weighted by Gasteiger charge is 2.05. The summed E-state index contributed by atoms with van der Waals surface area (Å²) >= 11 is 0. The average Bonchev–Trinajstić information content (AvgIpc) is 2.70. The van der Waals surface area contributed by atoms with Crippen LogP contribution in [0.3, 0.4) is 0 Å². The molecule has 2 rings (SSSR count). The molecule has 0 aliphatic carbocycles. The summed E-state index contributed by atoms with van der Waals surface area (Å²) < 4.78 is 11.1. The third-order valence-corrected chi connectivity index (χ3v) is 4.30. The Labute approximate surface area is 156 Å². The Morgan fingerprint density at radius 3 is 2.38 bits per heavy atom. The van der Waals surface area contributed by atoms with Gasteiger partial charge in [0, 0.05) is 12.1 Å². The fourth-order valence-electron chi connectivity index (χ4n) is 2.68. The number of likely N-dealkylation sites (N-methyl/N-ethyl adjacent to an activating group) is 1. The third kappa shape index (κ3) is 5.37. The number of rotatable bonds is 9. The summed E-state index contributed by atoms with van der Waals surface area (Å²) in [6.45, 7) is 7.91. The maximum Gasteiger partial charge on any atom is 0.126 e. The van der Waals surface area contributed by atoms with Gasteiger partial charge < -0.3 is 14.4 Å². The third-order valence-electron chi connectivity index (χ3n) is 4.30. The second-order valence-electron chi connectivity index (χ2n) is 5.81. The van der Waals surface area contributed by atoms with Gasteiger partial charge in [0.15, 0.2) is 0 Å². The van der Waals surface area contributed by atoms with Crippen molar-refractivity contribution >= 4 is 11.6 Å². The SMILES string of the molecule is CCN(CC)CCOc1ccc(/C(C#N)=C/c2ccccc2OC)cc1. The van der Waals surface area contributed by atoms with E-state index >= 15 is 0 Å². The number of hydrogen-bond acceptors (Lipinski definition) is 4. The summed E-state index contributed by atoms with van der Waals surface area (Å²) in [6.07, 6.45) is 1.84. The minimum atomic E-state index is 0.587. The molecule has 0 atom stereocenters. The monoisotopic (exact) mass is 350 g/mol. The van der Waals surface area contributed by atoms with E-state index in [4.69, 9.17) is 9.47 Å². The summed E-state index contributed by atoms with van der Waals surface area (Å²) in [5.74, 6) is 1.56. The van der Waals surface area contributed by atoms with Gasteiger partial charge in [0.05, 0.1) is 18.8 Å². The number of ether oxygens (including phenoxy) is 2. The Hall–Kier alpha value is -2.77. The summed E-state index contributed by atoms with van der Waals surface area (Å²) in [6, 6.07) is 17.6. The lowest BCUT2D eigenvalue weighted by Crippen LogP contribution is -2.27. The van der Waals surface area contributed by atoms with Crippen LogP contribution in [0.1, 0.15) is 25.0 Å². The summed E-state index contributed by atoms with van der Waals surface area (Å²) in [5, 5.41) is 9.53. The Balaban J connectivity index is 2.08. The molecule has 136 valence electrons. The minimum Gasteiger partial charge on any atom is -0.496 e. The molecule has 0 aliphatic heterocycles. The average molecular weight is 350 g/mol. The summed E-state index contributed by atoms with van der Waals surface area (Å²) in [7, 11) is 1.63. The molecule has 4 nitrogen and oxygen atoms in total.